The molecule has 1 aromatic rings. The Labute approximate surface area is 104 Å². The predicted octanol–water partition coefficient (Wildman–Crippen LogP) is -1.38. The number of rotatable bonds is 2. The zero-order chi connectivity index (χ0) is 14.2. The lowest BCUT2D eigenvalue weighted by molar-refractivity contribution is -0.466. The van der Waals surface area contributed by atoms with Crippen molar-refractivity contribution in [2.75, 3.05) is 0 Å². The number of hydrogen-bond donors (Lipinski definition) is 2. The van der Waals surface area contributed by atoms with E-state index < -0.39 is 33.0 Å². The van der Waals surface area contributed by atoms with Gasteiger partial charge in [0, 0.05) is 0 Å². The highest BCUT2D eigenvalue weighted by Gasteiger charge is 2.27. The number of nitrogens with zero attached hydrogens (tertiary/aromatic N) is 4. The number of hydrogen-bond acceptors (Lipinski definition) is 8. The zero-order valence-electron chi connectivity index (χ0n) is 9.18. The van der Waals surface area contributed by atoms with Gasteiger partial charge < -0.3 is 10.2 Å². The van der Waals surface area contributed by atoms with Gasteiger partial charge in [0.05, 0.1) is 33.0 Å². The quantitative estimate of drug-likeness (QED) is 0.490. The third-order valence-corrected chi connectivity index (χ3v) is 2.39. The van der Waals surface area contributed by atoms with Crippen LogP contribution in [0.1, 0.15) is 6.42 Å². The minimum atomic E-state index is -0.910. The predicted molar refractivity (Wildman–Crippen MR) is 59.2 cm³/mol. The van der Waals surface area contributed by atoms with Crippen LogP contribution in [0.25, 0.3) is 12.2 Å². The number of aromatic nitrogens is 2. The molecule has 0 saturated heterocycles. The lowest BCUT2D eigenvalue weighted by atomic mass is 10.2. The molecule has 0 aliphatic heterocycles. The lowest BCUT2D eigenvalue weighted by Gasteiger charge is -1.94. The third-order valence-electron chi connectivity index (χ3n) is 2.39. The summed E-state index contributed by atoms with van der Waals surface area (Å²) in [6.45, 7) is 0. The van der Waals surface area contributed by atoms with Crippen LogP contribution in [0.15, 0.2) is 11.4 Å². The zero-order valence-corrected chi connectivity index (χ0v) is 9.18. The molecule has 19 heavy (non-hydrogen) atoms. The van der Waals surface area contributed by atoms with E-state index >= 15 is 0 Å². The fraction of sp³-hybridized carbons (Fsp3) is 0.111. The second-order valence-corrected chi connectivity index (χ2v) is 3.54. The van der Waals surface area contributed by atoms with E-state index in [0.717, 1.165) is 6.08 Å². The van der Waals surface area contributed by atoms with Crippen molar-refractivity contribution >= 4 is 12.2 Å². The molecule has 0 saturated carbocycles. The minimum Gasteiger partial charge on any atom is -0.489 e. The molecule has 0 bridgehead atoms. The SMILES string of the molecule is O=[N+]([O-])C1=C([N+](=O)[O-])CC=c2nc(O)c(O)nc2=C1. The van der Waals surface area contributed by atoms with Gasteiger partial charge in [-0.05, 0) is 6.08 Å². The van der Waals surface area contributed by atoms with E-state index in [0.29, 0.717) is 0 Å². The van der Waals surface area contributed by atoms with Crippen LogP contribution in [0, 0.1) is 20.2 Å². The van der Waals surface area contributed by atoms with Crippen LogP contribution < -0.4 is 10.7 Å². The molecule has 2 rings (SSSR count). The van der Waals surface area contributed by atoms with Crippen LogP contribution in [-0.2, 0) is 0 Å². The molecule has 98 valence electrons. The largest absolute Gasteiger partial charge is 0.489 e. The van der Waals surface area contributed by atoms with Crippen molar-refractivity contribution in [2.45, 2.75) is 6.42 Å². The Bertz CT molecular complexity index is 738. The summed E-state index contributed by atoms with van der Waals surface area (Å²) < 4.78 is 0. The highest BCUT2D eigenvalue weighted by Crippen LogP contribution is 2.16. The maximum Gasteiger partial charge on any atom is 0.344 e. The van der Waals surface area contributed by atoms with Crippen LogP contribution in [0.5, 0.6) is 11.8 Å². The Morgan fingerprint density at radius 3 is 2.16 bits per heavy atom. The van der Waals surface area contributed by atoms with Crippen LogP contribution in [-0.4, -0.2) is 30.0 Å². The normalized spacial score (nSPS) is 13.9. The van der Waals surface area contributed by atoms with Crippen molar-refractivity contribution in [3.63, 3.8) is 0 Å². The molecule has 10 nitrogen and oxygen atoms in total. The van der Waals surface area contributed by atoms with Gasteiger partial charge in [-0.1, -0.05) is 0 Å². The fourth-order valence-electron chi connectivity index (χ4n) is 1.54. The van der Waals surface area contributed by atoms with Gasteiger partial charge in [0.15, 0.2) is 0 Å². The number of allylic oxidation sites excluding steroid dienone is 2. The lowest BCUT2D eigenvalue weighted by Crippen LogP contribution is -2.31. The first-order valence-electron chi connectivity index (χ1n) is 4.90. The molecule has 0 spiro atoms. The van der Waals surface area contributed by atoms with E-state index in [4.69, 9.17) is 0 Å². The molecular weight excluding hydrogens is 260 g/mol. The van der Waals surface area contributed by atoms with E-state index in [-0.39, 0.29) is 17.1 Å². The summed E-state index contributed by atoms with van der Waals surface area (Å²) >= 11 is 0. The molecule has 1 aliphatic rings. The van der Waals surface area contributed by atoms with Gasteiger partial charge in [-0.25, -0.2) is 9.97 Å². The fourth-order valence-corrected chi connectivity index (χ4v) is 1.54. The summed E-state index contributed by atoms with van der Waals surface area (Å²) in [5, 5.41) is 39.9. The van der Waals surface area contributed by atoms with Gasteiger partial charge in [-0.2, -0.15) is 0 Å². The molecule has 2 N–H and O–H groups in total. The summed E-state index contributed by atoms with van der Waals surface area (Å²) in [5.41, 5.74) is -1.36. The Morgan fingerprint density at radius 2 is 1.63 bits per heavy atom. The van der Waals surface area contributed by atoms with Crippen LogP contribution in [0.4, 0.5) is 0 Å². The Kier molecular flexibility index (Phi) is 2.83. The van der Waals surface area contributed by atoms with E-state index in [2.05, 4.69) is 9.97 Å². The van der Waals surface area contributed by atoms with Gasteiger partial charge in [0.25, 0.3) is 11.8 Å². The first kappa shape index (κ1) is 12.4. The van der Waals surface area contributed by atoms with Crippen molar-refractivity contribution in [1.29, 1.82) is 0 Å². The molecule has 0 fully saturated rings. The monoisotopic (exact) mass is 266 g/mol. The second kappa shape index (κ2) is 4.33. The summed E-state index contributed by atoms with van der Waals surface area (Å²) in [7, 11) is 0. The molecule has 10 heteroatoms. The van der Waals surface area contributed by atoms with Crippen molar-refractivity contribution in [3.05, 3.63) is 42.3 Å². The number of aromatic hydroxyl groups is 2. The second-order valence-electron chi connectivity index (χ2n) is 3.54. The van der Waals surface area contributed by atoms with Crippen LogP contribution >= 0.6 is 0 Å². The van der Waals surface area contributed by atoms with E-state index in [1.807, 2.05) is 0 Å². The van der Waals surface area contributed by atoms with Gasteiger partial charge in [-0.15, -0.1) is 0 Å². The maximum atomic E-state index is 10.8. The standard InChI is InChI=1S/C9H6N4O6/c14-8-9(15)11-5-3-7(13(18)19)6(12(16)17)2-1-4(5)10-8/h1,3H,2H2,(H,10,14)(H,11,15). The molecule has 0 radical (unpaired) electrons. The van der Waals surface area contributed by atoms with Gasteiger partial charge >= 0.3 is 11.4 Å². The first-order chi connectivity index (χ1) is 8.90. The topological polar surface area (TPSA) is 153 Å². The maximum absolute atomic E-state index is 10.8. The number of nitro groups is 2. The van der Waals surface area contributed by atoms with Crippen molar-refractivity contribution in [1.82, 2.24) is 9.97 Å². The third kappa shape index (κ3) is 2.18. The Hall–Kier alpha value is -3.04. The summed E-state index contributed by atoms with van der Waals surface area (Å²) in [6.07, 6.45) is 1.71. The molecule has 0 amide bonds. The average molecular weight is 266 g/mol. The van der Waals surface area contributed by atoms with E-state index in [1.54, 1.807) is 0 Å². The van der Waals surface area contributed by atoms with E-state index in [1.165, 1.54) is 6.08 Å². The molecule has 1 heterocycles. The highest BCUT2D eigenvalue weighted by molar-refractivity contribution is 5.48. The number of fused-ring (bicyclic) bond motifs is 1. The Balaban J connectivity index is 2.79. The smallest absolute Gasteiger partial charge is 0.344 e. The molecule has 0 aromatic carbocycles. The first-order valence-corrected chi connectivity index (χ1v) is 4.90. The molecule has 1 aromatic heterocycles. The van der Waals surface area contributed by atoms with Crippen molar-refractivity contribution in [2.24, 2.45) is 0 Å². The summed E-state index contributed by atoms with van der Waals surface area (Å²) in [6, 6.07) is 0. The Morgan fingerprint density at radius 1 is 1.05 bits per heavy atom. The summed E-state index contributed by atoms with van der Waals surface area (Å²) in [4.78, 5) is 26.9. The average Bonchev–Trinajstić information content (AvgIpc) is 2.49. The van der Waals surface area contributed by atoms with Crippen LogP contribution in [0.3, 0.4) is 0 Å². The van der Waals surface area contributed by atoms with Gasteiger partial charge in [-0.3, -0.25) is 20.2 Å². The van der Waals surface area contributed by atoms with Crippen LogP contribution in [0.2, 0.25) is 0 Å². The highest BCUT2D eigenvalue weighted by atomic mass is 16.6. The molecular formula is C9H6N4O6. The van der Waals surface area contributed by atoms with Gasteiger partial charge in [0.2, 0.25) is 0 Å². The molecule has 0 atom stereocenters. The van der Waals surface area contributed by atoms with Crippen molar-refractivity contribution < 1.29 is 20.1 Å². The molecule has 1 aliphatic carbocycles. The van der Waals surface area contributed by atoms with Crippen molar-refractivity contribution in [3.8, 4) is 11.8 Å². The summed E-state index contributed by atoms with van der Waals surface area (Å²) in [5.74, 6) is -1.56. The van der Waals surface area contributed by atoms with Gasteiger partial charge in [0.1, 0.15) is 0 Å². The minimum absolute atomic E-state index is 0.0199. The van der Waals surface area contributed by atoms with E-state index in [9.17, 15) is 30.4 Å². The molecule has 0 unspecified atom stereocenters.